The molecule has 2 amide bonds. The average molecular weight is 280 g/mol. The lowest BCUT2D eigenvalue weighted by atomic mass is 10.3. The monoisotopic (exact) mass is 280 g/mol. The maximum atomic E-state index is 11.7. The molecule has 0 saturated carbocycles. The Bertz CT molecular complexity index is 421. The minimum Gasteiger partial charge on any atom is -0.337 e. The summed E-state index contributed by atoms with van der Waals surface area (Å²) >= 11 is 4.29. The number of rotatable bonds is 4. The number of para-hydroxylation sites is 1. The third-order valence-corrected chi connectivity index (χ3v) is 3.47. The average Bonchev–Trinajstić information content (AvgIpc) is 2.43. The van der Waals surface area contributed by atoms with E-state index in [1.807, 2.05) is 24.3 Å². The zero-order valence-corrected chi connectivity index (χ0v) is 11.7. The Morgan fingerprint density at radius 2 is 2.05 bits per heavy atom. The Morgan fingerprint density at radius 3 is 2.79 bits per heavy atom. The quantitative estimate of drug-likeness (QED) is 0.623. The Hall–Kier alpha value is -1.24. The lowest BCUT2D eigenvalue weighted by molar-refractivity contribution is 0.233. The molecular weight excluding hydrogens is 260 g/mol. The van der Waals surface area contributed by atoms with Gasteiger partial charge < -0.3 is 16.0 Å². The van der Waals surface area contributed by atoms with E-state index in [0.717, 1.165) is 43.3 Å². The molecule has 5 nitrogen and oxygen atoms in total. The van der Waals surface area contributed by atoms with E-state index in [1.54, 1.807) is 0 Å². The largest absolute Gasteiger partial charge is 0.337 e. The van der Waals surface area contributed by atoms with Gasteiger partial charge in [-0.15, -0.1) is 12.6 Å². The Morgan fingerprint density at radius 1 is 1.32 bits per heavy atom. The van der Waals surface area contributed by atoms with Gasteiger partial charge in [0.05, 0.1) is 5.69 Å². The van der Waals surface area contributed by atoms with E-state index in [0.29, 0.717) is 6.54 Å². The number of thiol groups is 1. The van der Waals surface area contributed by atoms with Gasteiger partial charge in [-0.2, -0.15) is 0 Å². The van der Waals surface area contributed by atoms with Crippen molar-refractivity contribution in [3.05, 3.63) is 24.3 Å². The van der Waals surface area contributed by atoms with Crippen molar-refractivity contribution in [2.75, 3.05) is 44.6 Å². The predicted octanol–water partition coefficient (Wildman–Crippen LogP) is 1.00. The third-order valence-electron chi connectivity index (χ3n) is 3.08. The molecule has 1 aliphatic heterocycles. The second kappa shape index (κ2) is 7.37. The molecule has 3 N–H and O–H groups in total. The van der Waals surface area contributed by atoms with Crippen molar-refractivity contribution in [3.63, 3.8) is 0 Å². The van der Waals surface area contributed by atoms with Gasteiger partial charge in [0.25, 0.3) is 0 Å². The Labute approximate surface area is 119 Å². The SMILES string of the molecule is O=C(NCCN1CCNCC1)Nc1ccccc1S. The van der Waals surface area contributed by atoms with Crippen molar-refractivity contribution >= 4 is 24.3 Å². The van der Waals surface area contributed by atoms with Crippen molar-refractivity contribution in [1.82, 2.24) is 15.5 Å². The fraction of sp³-hybridized carbons (Fsp3) is 0.462. The second-order valence-electron chi connectivity index (χ2n) is 4.49. The predicted molar refractivity (Wildman–Crippen MR) is 80.0 cm³/mol. The molecule has 0 atom stereocenters. The van der Waals surface area contributed by atoms with E-state index in [4.69, 9.17) is 0 Å². The van der Waals surface area contributed by atoms with E-state index in [1.165, 1.54) is 0 Å². The molecule has 1 aliphatic rings. The standard InChI is InChI=1S/C13H20N4OS/c18-13(16-11-3-1-2-4-12(11)19)15-7-10-17-8-5-14-6-9-17/h1-4,14,19H,5-10H2,(H2,15,16,18). The minimum absolute atomic E-state index is 0.184. The minimum atomic E-state index is -0.184. The fourth-order valence-electron chi connectivity index (χ4n) is 2.01. The maximum absolute atomic E-state index is 11.7. The van der Waals surface area contributed by atoms with Crippen LogP contribution in [-0.2, 0) is 0 Å². The molecule has 104 valence electrons. The number of carbonyl (C=O) groups is 1. The highest BCUT2D eigenvalue weighted by atomic mass is 32.1. The maximum Gasteiger partial charge on any atom is 0.319 e. The van der Waals surface area contributed by atoms with Crippen molar-refractivity contribution in [2.45, 2.75) is 4.90 Å². The number of nitrogens with one attached hydrogen (secondary N) is 3. The van der Waals surface area contributed by atoms with E-state index in [9.17, 15) is 4.79 Å². The summed E-state index contributed by atoms with van der Waals surface area (Å²) in [6, 6.07) is 7.25. The molecule has 19 heavy (non-hydrogen) atoms. The molecule has 0 radical (unpaired) electrons. The molecule has 1 aromatic carbocycles. The van der Waals surface area contributed by atoms with Crippen LogP contribution in [0.25, 0.3) is 0 Å². The summed E-state index contributed by atoms with van der Waals surface area (Å²) < 4.78 is 0. The Balaban J connectivity index is 1.68. The Kier molecular flexibility index (Phi) is 5.50. The van der Waals surface area contributed by atoms with Crippen LogP contribution in [0.4, 0.5) is 10.5 Å². The zero-order valence-electron chi connectivity index (χ0n) is 10.9. The number of hydrogen-bond acceptors (Lipinski definition) is 4. The lowest BCUT2D eigenvalue weighted by Gasteiger charge is -2.27. The molecule has 0 spiro atoms. The first-order valence-electron chi connectivity index (χ1n) is 6.51. The van der Waals surface area contributed by atoms with Crippen LogP contribution in [0.15, 0.2) is 29.2 Å². The molecule has 2 rings (SSSR count). The van der Waals surface area contributed by atoms with Crippen molar-refractivity contribution < 1.29 is 4.79 Å². The fourth-order valence-corrected chi connectivity index (χ4v) is 2.22. The zero-order chi connectivity index (χ0) is 13.5. The molecule has 0 bridgehead atoms. The molecule has 1 aromatic rings. The molecular formula is C13H20N4OS. The second-order valence-corrected chi connectivity index (χ2v) is 4.97. The summed E-state index contributed by atoms with van der Waals surface area (Å²) in [5.41, 5.74) is 0.727. The summed E-state index contributed by atoms with van der Waals surface area (Å²) in [6.45, 7) is 5.68. The van der Waals surface area contributed by atoms with Crippen LogP contribution in [0.2, 0.25) is 0 Å². The molecule has 1 heterocycles. The lowest BCUT2D eigenvalue weighted by Crippen LogP contribution is -2.46. The van der Waals surface area contributed by atoms with E-state index in [2.05, 4.69) is 33.5 Å². The molecule has 1 fully saturated rings. The normalized spacial score (nSPS) is 16.1. The first kappa shape index (κ1) is 14.2. The van der Waals surface area contributed by atoms with Gasteiger partial charge in [0.2, 0.25) is 0 Å². The van der Waals surface area contributed by atoms with Crippen LogP contribution < -0.4 is 16.0 Å². The summed E-state index contributed by atoms with van der Waals surface area (Å²) in [6.07, 6.45) is 0. The van der Waals surface area contributed by atoms with Crippen molar-refractivity contribution in [1.29, 1.82) is 0 Å². The number of benzene rings is 1. The number of nitrogens with zero attached hydrogens (tertiary/aromatic N) is 1. The van der Waals surface area contributed by atoms with Crippen molar-refractivity contribution in [2.24, 2.45) is 0 Å². The summed E-state index contributed by atoms with van der Waals surface area (Å²) in [4.78, 5) is 14.8. The van der Waals surface area contributed by atoms with Crippen LogP contribution in [0.3, 0.4) is 0 Å². The highest BCUT2D eigenvalue weighted by molar-refractivity contribution is 7.80. The molecule has 0 unspecified atom stereocenters. The highest BCUT2D eigenvalue weighted by Crippen LogP contribution is 2.17. The topological polar surface area (TPSA) is 56.4 Å². The van der Waals surface area contributed by atoms with Gasteiger partial charge in [0, 0.05) is 44.2 Å². The number of carbonyl (C=O) groups excluding carboxylic acids is 1. The first-order chi connectivity index (χ1) is 9.25. The molecule has 0 aromatic heterocycles. The van der Waals surface area contributed by atoms with Crippen LogP contribution >= 0.6 is 12.6 Å². The molecule has 1 saturated heterocycles. The van der Waals surface area contributed by atoms with Gasteiger partial charge in [0.15, 0.2) is 0 Å². The van der Waals surface area contributed by atoms with Crippen molar-refractivity contribution in [3.8, 4) is 0 Å². The van der Waals surface area contributed by atoms with Crippen LogP contribution in [0.5, 0.6) is 0 Å². The molecule has 0 aliphatic carbocycles. The van der Waals surface area contributed by atoms with E-state index in [-0.39, 0.29) is 6.03 Å². The van der Waals surface area contributed by atoms with Gasteiger partial charge in [0.1, 0.15) is 0 Å². The summed E-state index contributed by atoms with van der Waals surface area (Å²) in [5, 5.41) is 8.95. The van der Waals surface area contributed by atoms with Gasteiger partial charge >= 0.3 is 6.03 Å². The molecule has 6 heteroatoms. The number of anilines is 1. The van der Waals surface area contributed by atoms with Gasteiger partial charge in [-0.3, -0.25) is 4.90 Å². The first-order valence-corrected chi connectivity index (χ1v) is 6.96. The number of hydrogen-bond donors (Lipinski definition) is 4. The highest BCUT2D eigenvalue weighted by Gasteiger charge is 2.09. The number of urea groups is 1. The van der Waals surface area contributed by atoms with Gasteiger partial charge in [-0.1, -0.05) is 12.1 Å². The number of amides is 2. The van der Waals surface area contributed by atoms with E-state index < -0.39 is 0 Å². The smallest absolute Gasteiger partial charge is 0.319 e. The summed E-state index contributed by atoms with van der Waals surface area (Å²) in [7, 11) is 0. The summed E-state index contributed by atoms with van der Waals surface area (Å²) in [5.74, 6) is 0. The van der Waals surface area contributed by atoms with Gasteiger partial charge in [-0.25, -0.2) is 4.79 Å². The van der Waals surface area contributed by atoms with E-state index >= 15 is 0 Å². The van der Waals surface area contributed by atoms with Crippen LogP contribution in [0, 0.1) is 0 Å². The number of piperazine rings is 1. The van der Waals surface area contributed by atoms with Crippen LogP contribution in [0.1, 0.15) is 0 Å². The third kappa shape index (κ3) is 4.74. The van der Waals surface area contributed by atoms with Gasteiger partial charge in [-0.05, 0) is 12.1 Å². The van der Waals surface area contributed by atoms with Crippen LogP contribution in [-0.4, -0.2) is 50.2 Å².